The highest BCUT2D eigenvalue weighted by Crippen LogP contribution is 2.32. The van der Waals surface area contributed by atoms with Crippen molar-refractivity contribution in [3.05, 3.63) is 11.9 Å². The van der Waals surface area contributed by atoms with Gasteiger partial charge in [0.25, 0.3) is 0 Å². The van der Waals surface area contributed by atoms with Gasteiger partial charge in [0, 0.05) is 29.2 Å². The molecule has 1 saturated heterocycles. The van der Waals surface area contributed by atoms with Crippen LogP contribution in [0.25, 0.3) is 0 Å². The minimum Gasteiger partial charge on any atom is -0.383 e. The second-order valence-corrected chi connectivity index (χ2v) is 6.54. The summed E-state index contributed by atoms with van der Waals surface area (Å²) in [6, 6.07) is 0. The molecule has 1 fully saturated rings. The zero-order valence-electron chi connectivity index (χ0n) is 10.0. The van der Waals surface area contributed by atoms with Crippen LogP contribution in [0, 0.1) is 6.92 Å². The van der Waals surface area contributed by atoms with Gasteiger partial charge in [-0.25, -0.2) is 9.97 Å². The summed E-state index contributed by atoms with van der Waals surface area (Å²) < 4.78 is 0.282. The lowest BCUT2D eigenvalue weighted by atomic mass is 10.1. The van der Waals surface area contributed by atoms with Gasteiger partial charge < -0.3 is 10.6 Å². The van der Waals surface area contributed by atoms with E-state index in [4.69, 9.17) is 5.73 Å². The Morgan fingerprint density at radius 3 is 2.88 bits per heavy atom. The fourth-order valence-electron chi connectivity index (χ4n) is 1.97. The van der Waals surface area contributed by atoms with Crippen LogP contribution >= 0.6 is 11.8 Å². The van der Waals surface area contributed by atoms with Gasteiger partial charge in [-0.15, -0.1) is 0 Å². The first-order valence-corrected chi connectivity index (χ1v) is 6.44. The topological polar surface area (TPSA) is 55.0 Å². The van der Waals surface area contributed by atoms with Crippen molar-refractivity contribution in [1.29, 1.82) is 0 Å². The molecule has 0 amide bonds. The number of aromatic nitrogens is 2. The van der Waals surface area contributed by atoms with Gasteiger partial charge in [0.05, 0.1) is 0 Å². The Balaban J connectivity index is 2.27. The maximum atomic E-state index is 5.81. The van der Waals surface area contributed by atoms with E-state index < -0.39 is 0 Å². The van der Waals surface area contributed by atoms with Crippen molar-refractivity contribution in [1.82, 2.24) is 9.97 Å². The summed E-state index contributed by atoms with van der Waals surface area (Å²) in [4.78, 5) is 10.7. The van der Waals surface area contributed by atoms with Gasteiger partial charge in [0.1, 0.15) is 18.0 Å². The third-order valence-electron chi connectivity index (χ3n) is 2.82. The molecule has 0 aliphatic carbocycles. The van der Waals surface area contributed by atoms with Crippen molar-refractivity contribution < 1.29 is 0 Å². The number of hydrogen-bond acceptors (Lipinski definition) is 5. The van der Waals surface area contributed by atoms with Gasteiger partial charge in [-0.3, -0.25) is 0 Å². The van der Waals surface area contributed by atoms with Crippen molar-refractivity contribution >= 4 is 23.4 Å². The molecule has 1 aromatic rings. The van der Waals surface area contributed by atoms with E-state index in [2.05, 4.69) is 28.7 Å². The SMILES string of the molecule is Cc1c(N)ncnc1N1CCSC(C)(C)C1. The molecular formula is C11H18N4S. The van der Waals surface area contributed by atoms with Crippen LogP contribution in [0.3, 0.4) is 0 Å². The Labute approximate surface area is 101 Å². The van der Waals surface area contributed by atoms with Crippen LogP contribution < -0.4 is 10.6 Å². The largest absolute Gasteiger partial charge is 0.383 e. The Kier molecular flexibility index (Phi) is 2.97. The fraction of sp³-hybridized carbons (Fsp3) is 0.636. The summed E-state index contributed by atoms with van der Waals surface area (Å²) in [5.74, 6) is 2.71. The Morgan fingerprint density at radius 2 is 2.19 bits per heavy atom. The van der Waals surface area contributed by atoms with E-state index in [9.17, 15) is 0 Å². The molecule has 1 aromatic heterocycles. The van der Waals surface area contributed by atoms with Gasteiger partial charge in [-0.2, -0.15) is 11.8 Å². The van der Waals surface area contributed by atoms with Crippen molar-refractivity contribution in [2.45, 2.75) is 25.5 Å². The van der Waals surface area contributed by atoms with Crippen LogP contribution in [-0.4, -0.2) is 33.6 Å². The van der Waals surface area contributed by atoms with E-state index in [1.165, 1.54) is 0 Å². The molecule has 5 heteroatoms. The van der Waals surface area contributed by atoms with Crippen LogP contribution in [0.2, 0.25) is 0 Å². The van der Waals surface area contributed by atoms with E-state index in [1.807, 2.05) is 18.7 Å². The maximum absolute atomic E-state index is 5.81. The van der Waals surface area contributed by atoms with Crippen molar-refractivity contribution in [3.63, 3.8) is 0 Å². The lowest BCUT2D eigenvalue weighted by Crippen LogP contribution is -2.43. The highest BCUT2D eigenvalue weighted by atomic mass is 32.2. The number of nitrogens with zero attached hydrogens (tertiary/aromatic N) is 3. The smallest absolute Gasteiger partial charge is 0.137 e. The summed E-state index contributed by atoms with van der Waals surface area (Å²) in [5, 5.41) is 0. The van der Waals surface area contributed by atoms with Crippen molar-refractivity contribution in [2.24, 2.45) is 0 Å². The molecule has 16 heavy (non-hydrogen) atoms. The Morgan fingerprint density at radius 1 is 1.44 bits per heavy atom. The number of rotatable bonds is 1. The molecular weight excluding hydrogens is 220 g/mol. The monoisotopic (exact) mass is 238 g/mol. The fourth-order valence-corrected chi connectivity index (χ4v) is 3.08. The number of nitrogen functional groups attached to an aromatic ring is 1. The van der Waals surface area contributed by atoms with Gasteiger partial charge >= 0.3 is 0 Å². The van der Waals surface area contributed by atoms with Crippen molar-refractivity contribution in [3.8, 4) is 0 Å². The summed E-state index contributed by atoms with van der Waals surface area (Å²) in [6.07, 6.45) is 1.55. The molecule has 0 bridgehead atoms. The molecule has 0 unspecified atom stereocenters. The van der Waals surface area contributed by atoms with E-state index in [1.54, 1.807) is 6.33 Å². The van der Waals surface area contributed by atoms with E-state index in [0.717, 1.165) is 30.2 Å². The number of hydrogen-bond donors (Lipinski definition) is 1. The zero-order valence-corrected chi connectivity index (χ0v) is 10.8. The van der Waals surface area contributed by atoms with Crippen LogP contribution in [0.4, 0.5) is 11.6 Å². The summed E-state index contributed by atoms with van der Waals surface area (Å²) >= 11 is 2.01. The first-order chi connectivity index (χ1) is 7.49. The second kappa shape index (κ2) is 4.13. The predicted molar refractivity (Wildman–Crippen MR) is 69.9 cm³/mol. The summed E-state index contributed by atoms with van der Waals surface area (Å²) in [5.41, 5.74) is 6.80. The Hall–Kier alpha value is -0.970. The molecule has 4 nitrogen and oxygen atoms in total. The molecule has 2 rings (SSSR count). The Bertz CT molecular complexity index is 392. The second-order valence-electron chi connectivity index (χ2n) is 4.74. The van der Waals surface area contributed by atoms with E-state index in [-0.39, 0.29) is 4.75 Å². The minimum atomic E-state index is 0.282. The molecule has 88 valence electrons. The summed E-state index contributed by atoms with van der Waals surface area (Å²) in [7, 11) is 0. The number of thioether (sulfide) groups is 1. The molecule has 2 N–H and O–H groups in total. The summed E-state index contributed by atoms with van der Waals surface area (Å²) in [6.45, 7) is 8.56. The first kappa shape index (κ1) is 11.5. The molecule has 1 aliphatic rings. The average molecular weight is 238 g/mol. The third-order valence-corrected chi connectivity index (χ3v) is 4.12. The lowest BCUT2D eigenvalue weighted by Gasteiger charge is -2.38. The first-order valence-electron chi connectivity index (χ1n) is 5.45. The van der Waals surface area contributed by atoms with E-state index in [0.29, 0.717) is 5.82 Å². The van der Waals surface area contributed by atoms with Gasteiger partial charge in [0.15, 0.2) is 0 Å². The molecule has 0 radical (unpaired) electrons. The van der Waals surface area contributed by atoms with Crippen LogP contribution in [0.5, 0.6) is 0 Å². The van der Waals surface area contributed by atoms with Crippen LogP contribution in [0.15, 0.2) is 6.33 Å². The average Bonchev–Trinajstić information content (AvgIpc) is 2.20. The normalized spacial score (nSPS) is 19.8. The molecule has 0 saturated carbocycles. The third kappa shape index (κ3) is 2.24. The van der Waals surface area contributed by atoms with Crippen LogP contribution in [-0.2, 0) is 0 Å². The highest BCUT2D eigenvalue weighted by Gasteiger charge is 2.28. The standard InChI is InChI=1S/C11H18N4S/c1-8-9(12)13-7-14-10(8)15-4-5-16-11(2,3)6-15/h7H,4-6H2,1-3H3,(H2,12,13,14). The molecule has 2 heterocycles. The van der Waals surface area contributed by atoms with Gasteiger partial charge in [-0.1, -0.05) is 0 Å². The maximum Gasteiger partial charge on any atom is 0.137 e. The van der Waals surface area contributed by atoms with Gasteiger partial charge in [0.2, 0.25) is 0 Å². The van der Waals surface area contributed by atoms with Crippen LogP contribution in [0.1, 0.15) is 19.4 Å². The van der Waals surface area contributed by atoms with Crippen molar-refractivity contribution in [2.75, 3.05) is 29.5 Å². The number of nitrogens with two attached hydrogens (primary N) is 1. The highest BCUT2D eigenvalue weighted by molar-refractivity contribution is 8.00. The lowest BCUT2D eigenvalue weighted by molar-refractivity contribution is 0.640. The predicted octanol–water partition coefficient (Wildman–Crippen LogP) is 1.70. The zero-order chi connectivity index (χ0) is 11.8. The number of anilines is 2. The van der Waals surface area contributed by atoms with E-state index >= 15 is 0 Å². The minimum absolute atomic E-state index is 0.282. The molecule has 0 atom stereocenters. The molecule has 0 spiro atoms. The quantitative estimate of drug-likeness (QED) is 0.807. The molecule has 1 aliphatic heterocycles. The molecule has 0 aromatic carbocycles. The van der Waals surface area contributed by atoms with Gasteiger partial charge in [-0.05, 0) is 20.8 Å².